The molecule has 174 valence electrons. The molecule has 0 radical (unpaired) electrons. The molecule has 13 nitrogen and oxygen atoms in total. The van der Waals surface area contributed by atoms with Gasteiger partial charge in [0.25, 0.3) is 5.69 Å². The maximum absolute atomic E-state index is 11.3. The first kappa shape index (κ1) is 25.1. The molecule has 1 aromatic carbocycles. The van der Waals surface area contributed by atoms with Crippen molar-refractivity contribution in [3.63, 3.8) is 0 Å². The number of pyridine rings is 1. The maximum Gasteiger partial charge on any atom is 0.421 e. The normalized spacial score (nSPS) is 10.6. The van der Waals surface area contributed by atoms with Crippen molar-refractivity contribution in [1.82, 2.24) is 9.55 Å². The number of anilines is 2. The van der Waals surface area contributed by atoms with Crippen LogP contribution in [-0.4, -0.2) is 39.5 Å². The van der Waals surface area contributed by atoms with Gasteiger partial charge in [-0.25, -0.2) is 14.1 Å². The summed E-state index contributed by atoms with van der Waals surface area (Å²) in [5.74, 6) is 0.774. The molecular formula is C19H22ClN9O4. The fourth-order valence-corrected chi connectivity index (χ4v) is 2.91. The number of azo groups is 1. The first-order chi connectivity index (χ1) is 15.3. The summed E-state index contributed by atoms with van der Waals surface area (Å²) in [4.78, 5) is 26.2. The summed E-state index contributed by atoms with van der Waals surface area (Å²) in [6, 6.07) is 8.26. The van der Waals surface area contributed by atoms with E-state index in [2.05, 4.69) is 20.5 Å². The third-order valence-electron chi connectivity index (χ3n) is 4.65. The molecule has 2 aromatic heterocycles. The van der Waals surface area contributed by atoms with Crippen molar-refractivity contribution in [2.45, 2.75) is 0 Å². The van der Waals surface area contributed by atoms with Gasteiger partial charge in [-0.05, 0) is 24.3 Å². The molecule has 14 heteroatoms. The predicted molar refractivity (Wildman–Crippen MR) is 117 cm³/mol. The smallest absolute Gasteiger partial charge is 0.421 e. The van der Waals surface area contributed by atoms with Crippen molar-refractivity contribution in [3.8, 4) is 0 Å². The molecule has 1 N–H and O–H groups in total. The van der Waals surface area contributed by atoms with Crippen molar-refractivity contribution >= 4 is 34.5 Å². The van der Waals surface area contributed by atoms with Gasteiger partial charge in [-0.15, -0.1) is 0 Å². The van der Waals surface area contributed by atoms with Crippen LogP contribution in [0.4, 0.5) is 34.5 Å². The van der Waals surface area contributed by atoms with Gasteiger partial charge in [0.05, 0.1) is 42.4 Å². The summed E-state index contributed by atoms with van der Waals surface area (Å²) in [6.45, 7) is 0.851. The lowest BCUT2D eigenvalue weighted by molar-refractivity contribution is -0.657. The van der Waals surface area contributed by atoms with Crippen molar-refractivity contribution in [3.05, 3.63) is 69.2 Å². The highest BCUT2D eigenvalue weighted by Gasteiger charge is 2.23. The van der Waals surface area contributed by atoms with E-state index in [1.165, 1.54) is 0 Å². The number of rotatable bonds is 9. The fraction of sp³-hybridized carbons (Fsp3) is 0.263. The zero-order chi connectivity index (χ0) is 23.3. The third kappa shape index (κ3) is 6.20. The molecule has 0 bridgehead atoms. The SMILES string of the molecule is CN(CCNc1ccc(N=Nc2n(C)cc[n+]2C)cc1)c1ncc([N+](=O)[O-])cc1[N+](=O)[O-].[Cl-]. The summed E-state index contributed by atoms with van der Waals surface area (Å²) < 4.78 is 3.72. The van der Waals surface area contributed by atoms with Crippen LogP contribution in [0.15, 0.2) is 59.2 Å². The van der Waals surface area contributed by atoms with E-state index in [9.17, 15) is 20.2 Å². The van der Waals surface area contributed by atoms with Gasteiger partial charge in [0.2, 0.25) is 5.82 Å². The Morgan fingerprint density at radius 2 is 1.88 bits per heavy atom. The minimum atomic E-state index is -0.714. The molecule has 0 aliphatic heterocycles. The van der Waals surface area contributed by atoms with Crippen LogP contribution in [0, 0.1) is 20.2 Å². The second-order valence-corrected chi connectivity index (χ2v) is 6.97. The average Bonchev–Trinajstić information content (AvgIpc) is 3.09. The van der Waals surface area contributed by atoms with Crippen LogP contribution in [0.2, 0.25) is 0 Å². The Labute approximate surface area is 195 Å². The van der Waals surface area contributed by atoms with E-state index in [-0.39, 0.29) is 18.2 Å². The lowest BCUT2D eigenvalue weighted by Gasteiger charge is -2.18. The number of imidazole rings is 1. The molecule has 0 saturated heterocycles. The Morgan fingerprint density at radius 1 is 1.18 bits per heavy atom. The van der Waals surface area contributed by atoms with E-state index >= 15 is 0 Å². The number of aromatic nitrogens is 3. The topological polar surface area (TPSA) is 148 Å². The Hall–Kier alpha value is -4.13. The van der Waals surface area contributed by atoms with Crippen molar-refractivity contribution < 1.29 is 26.8 Å². The van der Waals surface area contributed by atoms with Gasteiger partial charge >= 0.3 is 11.6 Å². The minimum Gasteiger partial charge on any atom is -1.00 e. The lowest BCUT2D eigenvalue weighted by atomic mass is 10.3. The Bertz CT molecular complexity index is 1150. The highest BCUT2D eigenvalue weighted by Crippen LogP contribution is 2.28. The molecule has 0 fully saturated rings. The molecule has 0 unspecified atom stereocenters. The van der Waals surface area contributed by atoms with Gasteiger partial charge in [0.1, 0.15) is 11.9 Å². The van der Waals surface area contributed by atoms with Crippen molar-refractivity contribution in [2.75, 3.05) is 30.4 Å². The molecule has 0 spiro atoms. The van der Waals surface area contributed by atoms with Crippen LogP contribution in [0.25, 0.3) is 0 Å². The van der Waals surface area contributed by atoms with Crippen LogP contribution in [0.3, 0.4) is 0 Å². The first-order valence-corrected chi connectivity index (χ1v) is 9.53. The Kier molecular flexibility index (Phi) is 8.34. The third-order valence-corrected chi connectivity index (χ3v) is 4.65. The average molecular weight is 476 g/mol. The van der Waals surface area contributed by atoms with E-state index in [1.54, 1.807) is 11.9 Å². The minimum absolute atomic E-state index is 0. The summed E-state index contributed by atoms with van der Waals surface area (Å²) in [5, 5.41) is 33.8. The van der Waals surface area contributed by atoms with Crippen molar-refractivity contribution in [1.29, 1.82) is 0 Å². The molecule has 3 aromatic rings. The maximum atomic E-state index is 11.3. The Morgan fingerprint density at radius 3 is 2.45 bits per heavy atom. The monoisotopic (exact) mass is 475 g/mol. The van der Waals surface area contributed by atoms with E-state index in [0.717, 1.165) is 18.0 Å². The zero-order valence-corrected chi connectivity index (χ0v) is 18.9. The van der Waals surface area contributed by atoms with E-state index in [0.29, 0.717) is 24.7 Å². The molecule has 3 rings (SSSR count). The molecular weight excluding hydrogens is 454 g/mol. The van der Waals surface area contributed by atoms with E-state index < -0.39 is 21.2 Å². The molecule has 0 amide bonds. The van der Waals surface area contributed by atoms with Crippen LogP contribution in [0.1, 0.15) is 0 Å². The number of likely N-dealkylation sites (N-methyl/N-ethyl adjacent to an activating group) is 1. The van der Waals surface area contributed by atoms with Crippen LogP contribution < -0.4 is 27.2 Å². The van der Waals surface area contributed by atoms with Crippen molar-refractivity contribution in [2.24, 2.45) is 24.3 Å². The van der Waals surface area contributed by atoms with Crippen LogP contribution in [-0.2, 0) is 14.1 Å². The second-order valence-electron chi connectivity index (χ2n) is 6.97. The molecule has 0 saturated carbocycles. The largest absolute Gasteiger partial charge is 1.00 e. The number of hydrogen-bond donors (Lipinski definition) is 1. The summed E-state index contributed by atoms with van der Waals surface area (Å²) in [5.41, 5.74) is 0.695. The predicted octanol–water partition coefficient (Wildman–Crippen LogP) is 0.0287. The lowest BCUT2D eigenvalue weighted by Crippen LogP contribution is -3.00. The first-order valence-electron chi connectivity index (χ1n) is 9.53. The fourth-order valence-electron chi connectivity index (χ4n) is 2.91. The second kappa shape index (κ2) is 10.9. The van der Waals surface area contributed by atoms with Gasteiger partial charge in [-0.1, -0.05) is 5.11 Å². The molecule has 2 heterocycles. The van der Waals surface area contributed by atoms with Gasteiger partial charge in [0.15, 0.2) is 0 Å². The van der Waals surface area contributed by atoms with Gasteiger partial charge in [0, 0.05) is 30.9 Å². The number of nitro groups is 2. The zero-order valence-electron chi connectivity index (χ0n) is 18.1. The molecule has 33 heavy (non-hydrogen) atoms. The molecule has 0 aliphatic carbocycles. The number of nitrogens with one attached hydrogen (secondary N) is 1. The van der Waals surface area contributed by atoms with Gasteiger partial charge in [-0.2, -0.15) is 0 Å². The van der Waals surface area contributed by atoms with E-state index in [4.69, 9.17) is 0 Å². The molecule has 0 aliphatic rings. The highest BCUT2D eigenvalue weighted by atomic mass is 35.5. The van der Waals surface area contributed by atoms with Crippen LogP contribution >= 0.6 is 0 Å². The number of aryl methyl sites for hydroxylation is 2. The van der Waals surface area contributed by atoms with Gasteiger partial charge in [-0.3, -0.25) is 20.2 Å². The quantitative estimate of drug-likeness (QED) is 0.198. The number of nitrogens with zero attached hydrogens (tertiary/aromatic N) is 8. The highest BCUT2D eigenvalue weighted by molar-refractivity contribution is 5.61. The summed E-state index contributed by atoms with van der Waals surface area (Å²) in [7, 11) is 5.41. The van der Waals surface area contributed by atoms with Crippen LogP contribution in [0.5, 0.6) is 0 Å². The standard InChI is InChI=1S/C19H21N9O4.ClH/c1-24(18-17(28(31)32)12-16(13-21-18)27(29)30)9-8-20-14-4-6-15(7-5-14)22-23-19-25(2)10-11-26(19)3;/h4-7,10-13H,8-9H2,1-3H3;1H. The number of benzene rings is 1. The number of hydrogen-bond acceptors (Lipinski definition) is 9. The summed E-state index contributed by atoms with van der Waals surface area (Å²) in [6.07, 6.45) is 4.79. The summed E-state index contributed by atoms with van der Waals surface area (Å²) >= 11 is 0. The van der Waals surface area contributed by atoms with Gasteiger partial charge < -0.3 is 22.6 Å². The van der Waals surface area contributed by atoms with E-state index in [1.807, 2.05) is 59.9 Å². The number of halogens is 1. The molecule has 0 atom stereocenters. The Balaban J connectivity index is 0.00000385.